The number of hydrogen-bond donors (Lipinski definition) is 2. The van der Waals surface area contributed by atoms with Crippen LogP contribution in [0.4, 0.5) is 0 Å². The Morgan fingerprint density at radius 3 is 2.05 bits per heavy atom. The Labute approximate surface area is 114 Å². The maximum Gasteiger partial charge on any atom is 0.198 e. The lowest BCUT2D eigenvalue weighted by molar-refractivity contribution is 0.0973. The van der Waals surface area contributed by atoms with Gasteiger partial charge >= 0.3 is 0 Å². The zero-order valence-electron chi connectivity index (χ0n) is 10.5. The summed E-state index contributed by atoms with van der Waals surface area (Å²) in [6, 6.07) is 7.46. The molecule has 100 valence electrons. The molecular formula is C15H10O5. The average molecular weight is 270 g/mol. The molecule has 0 unspecified atom stereocenters. The number of hydrogen-bond acceptors (Lipinski definition) is 5. The molecule has 2 aromatic rings. The van der Waals surface area contributed by atoms with Crippen LogP contribution in [-0.4, -0.2) is 28.9 Å². The SMILES string of the molecule is COc1cc(O)c(O)c2c1C(=O)c1ccccc1C2=O. The monoisotopic (exact) mass is 270 g/mol. The van der Waals surface area contributed by atoms with Crippen molar-refractivity contribution in [1.29, 1.82) is 0 Å². The molecule has 0 amide bonds. The number of ketones is 2. The number of aromatic hydroxyl groups is 2. The van der Waals surface area contributed by atoms with E-state index in [4.69, 9.17) is 4.74 Å². The highest BCUT2D eigenvalue weighted by Gasteiger charge is 2.35. The van der Waals surface area contributed by atoms with E-state index in [1.165, 1.54) is 13.2 Å². The van der Waals surface area contributed by atoms with Crippen LogP contribution in [0.3, 0.4) is 0 Å². The van der Waals surface area contributed by atoms with Gasteiger partial charge in [0.1, 0.15) is 5.75 Å². The number of rotatable bonds is 1. The van der Waals surface area contributed by atoms with Crippen LogP contribution in [-0.2, 0) is 0 Å². The van der Waals surface area contributed by atoms with Gasteiger partial charge in [-0.25, -0.2) is 0 Å². The molecule has 2 aromatic carbocycles. The molecule has 0 bridgehead atoms. The smallest absolute Gasteiger partial charge is 0.198 e. The van der Waals surface area contributed by atoms with Crippen LogP contribution >= 0.6 is 0 Å². The molecule has 3 rings (SSSR count). The first-order chi connectivity index (χ1) is 9.56. The maximum absolute atomic E-state index is 12.5. The van der Waals surface area contributed by atoms with Gasteiger partial charge in [0.25, 0.3) is 0 Å². The first-order valence-electron chi connectivity index (χ1n) is 5.87. The van der Waals surface area contributed by atoms with Gasteiger partial charge in [-0.2, -0.15) is 0 Å². The van der Waals surface area contributed by atoms with Crippen LogP contribution in [0.15, 0.2) is 30.3 Å². The van der Waals surface area contributed by atoms with E-state index in [2.05, 4.69) is 0 Å². The summed E-state index contributed by atoms with van der Waals surface area (Å²) in [6.45, 7) is 0. The van der Waals surface area contributed by atoms with E-state index >= 15 is 0 Å². The molecule has 20 heavy (non-hydrogen) atoms. The minimum Gasteiger partial charge on any atom is -0.504 e. The van der Waals surface area contributed by atoms with Crippen molar-refractivity contribution in [3.8, 4) is 17.2 Å². The van der Waals surface area contributed by atoms with Crippen molar-refractivity contribution in [3.63, 3.8) is 0 Å². The van der Waals surface area contributed by atoms with Crippen LogP contribution in [0.2, 0.25) is 0 Å². The number of fused-ring (bicyclic) bond motifs is 2. The number of carbonyl (C=O) groups is 2. The van der Waals surface area contributed by atoms with E-state index in [0.29, 0.717) is 0 Å². The van der Waals surface area contributed by atoms with Crippen molar-refractivity contribution in [3.05, 3.63) is 52.6 Å². The fourth-order valence-electron chi connectivity index (χ4n) is 2.39. The van der Waals surface area contributed by atoms with Gasteiger partial charge in [0.2, 0.25) is 0 Å². The number of methoxy groups -OCH3 is 1. The van der Waals surface area contributed by atoms with Crippen LogP contribution in [0.1, 0.15) is 31.8 Å². The predicted octanol–water partition coefficient (Wildman–Crippen LogP) is 1.88. The van der Waals surface area contributed by atoms with Crippen molar-refractivity contribution in [2.24, 2.45) is 0 Å². The fraction of sp³-hybridized carbons (Fsp3) is 0.0667. The predicted molar refractivity (Wildman–Crippen MR) is 69.6 cm³/mol. The molecule has 0 aromatic heterocycles. The number of phenolic OH excluding ortho intramolecular Hbond substituents is 2. The van der Waals surface area contributed by atoms with E-state index in [0.717, 1.165) is 6.07 Å². The first-order valence-corrected chi connectivity index (χ1v) is 5.87. The maximum atomic E-state index is 12.5. The molecule has 1 aliphatic carbocycles. The fourth-order valence-corrected chi connectivity index (χ4v) is 2.39. The minimum atomic E-state index is -0.603. The van der Waals surface area contributed by atoms with Gasteiger partial charge in [0.05, 0.1) is 18.2 Å². The lowest BCUT2D eigenvalue weighted by atomic mass is 9.83. The summed E-state index contributed by atoms with van der Waals surface area (Å²) in [7, 11) is 1.32. The molecule has 0 heterocycles. The molecule has 5 nitrogen and oxygen atoms in total. The summed E-state index contributed by atoms with van der Waals surface area (Å²) in [5.41, 5.74) is 0.221. The molecule has 0 spiro atoms. The van der Waals surface area contributed by atoms with Crippen molar-refractivity contribution in [2.45, 2.75) is 0 Å². The molecule has 0 radical (unpaired) electrons. The molecular weight excluding hydrogens is 260 g/mol. The quantitative estimate of drug-likeness (QED) is 0.659. The first kappa shape index (κ1) is 12.2. The lowest BCUT2D eigenvalue weighted by Crippen LogP contribution is -2.21. The Morgan fingerprint density at radius 1 is 0.950 bits per heavy atom. The van der Waals surface area contributed by atoms with E-state index in [1.54, 1.807) is 18.2 Å². The van der Waals surface area contributed by atoms with Gasteiger partial charge in [-0.05, 0) is 0 Å². The molecule has 0 aliphatic heterocycles. The van der Waals surface area contributed by atoms with Gasteiger partial charge in [-0.1, -0.05) is 24.3 Å². The summed E-state index contributed by atoms with van der Waals surface area (Å²) in [4.78, 5) is 24.9. The van der Waals surface area contributed by atoms with Gasteiger partial charge in [0, 0.05) is 17.2 Å². The number of carbonyl (C=O) groups excluding carboxylic acids is 2. The summed E-state index contributed by atoms with van der Waals surface area (Å²) in [6.07, 6.45) is 0. The zero-order chi connectivity index (χ0) is 14.4. The molecule has 5 heteroatoms. The number of ether oxygens (including phenoxy) is 1. The highest BCUT2D eigenvalue weighted by atomic mass is 16.5. The highest BCUT2D eigenvalue weighted by Crippen LogP contribution is 2.43. The molecule has 2 N–H and O–H groups in total. The second kappa shape index (κ2) is 4.09. The largest absolute Gasteiger partial charge is 0.504 e. The second-order valence-electron chi connectivity index (χ2n) is 4.40. The minimum absolute atomic E-state index is 0.0218. The lowest BCUT2D eigenvalue weighted by Gasteiger charge is -2.20. The van der Waals surface area contributed by atoms with E-state index < -0.39 is 23.1 Å². The summed E-state index contributed by atoms with van der Waals surface area (Å²) < 4.78 is 5.04. The van der Waals surface area contributed by atoms with Crippen molar-refractivity contribution in [1.82, 2.24) is 0 Å². The van der Waals surface area contributed by atoms with Gasteiger partial charge in [-0.15, -0.1) is 0 Å². The molecule has 0 atom stereocenters. The standard InChI is InChI=1S/C15H10O5/c1-20-10-6-9(16)15(19)12-11(10)13(17)7-4-2-3-5-8(7)14(12)18/h2-6,16,19H,1H3. The van der Waals surface area contributed by atoms with Gasteiger partial charge < -0.3 is 14.9 Å². The summed E-state index contributed by atoms with van der Waals surface area (Å²) >= 11 is 0. The van der Waals surface area contributed by atoms with Crippen molar-refractivity contribution in [2.75, 3.05) is 7.11 Å². The topological polar surface area (TPSA) is 83.8 Å². The normalized spacial score (nSPS) is 12.8. The molecule has 1 aliphatic rings. The van der Waals surface area contributed by atoms with E-state index in [9.17, 15) is 19.8 Å². The van der Waals surface area contributed by atoms with E-state index in [1.807, 2.05) is 0 Å². The Morgan fingerprint density at radius 2 is 1.50 bits per heavy atom. The zero-order valence-corrected chi connectivity index (χ0v) is 10.5. The van der Waals surface area contributed by atoms with Crippen LogP contribution in [0, 0.1) is 0 Å². The van der Waals surface area contributed by atoms with Crippen LogP contribution < -0.4 is 4.74 Å². The van der Waals surface area contributed by atoms with Gasteiger partial charge in [0.15, 0.2) is 23.1 Å². The summed E-state index contributed by atoms with van der Waals surface area (Å²) in [5.74, 6) is -1.97. The van der Waals surface area contributed by atoms with Crippen molar-refractivity contribution >= 4 is 11.6 Å². The van der Waals surface area contributed by atoms with Crippen LogP contribution in [0.5, 0.6) is 17.2 Å². The Kier molecular flexibility index (Phi) is 2.50. The van der Waals surface area contributed by atoms with Crippen LogP contribution in [0.25, 0.3) is 0 Å². The Hall–Kier alpha value is -2.82. The van der Waals surface area contributed by atoms with E-state index in [-0.39, 0.29) is 28.0 Å². The average Bonchev–Trinajstić information content (AvgIpc) is 2.47. The third kappa shape index (κ3) is 1.43. The number of benzene rings is 2. The van der Waals surface area contributed by atoms with Gasteiger partial charge in [-0.3, -0.25) is 9.59 Å². The third-order valence-electron chi connectivity index (χ3n) is 3.33. The van der Waals surface area contributed by atoms with Crippen molar-refractivity contribution < 1.29 is 24.5 Å². The Balaban J connectivity index is 2.41. The number of phenols is 2. The Bertz CT molecular complexity index is 761. The third-order valence-corrected chi connectivity index (χ3v) is 3.33. The highest BCUT2D eigenvalue weighted by molar-refractivity contribution is 6.30. The summed E-state index contributed by atoms with van der Waals surface area (Å²) in [5, 5.41) is 19.5. The molecule has 0 fully saturated rings. The molecule has 0 saturated heterocycles. The molecule has 0 saturated carbocycles. The second-order valence-corrected chi connectivity index (χ2v) is 4.40.